The molecule has 0 saturated carbocycles. The summed E-state index contributed by atoms with van der Waals surface area (Å²) in [5.74, 6) is 1.37. The molecule has 1 fully saturated rings. The Bertz CT molecular complexity index is 617. The highest BCUT2D eigenvalue weighted by atomic mass is 79.9. The van der Waals surface area contributed by atoms with Gasteiger partial charge in [0.1, 0.15) is 0 Å². The zero-order valence-electron chi connectivity index (χ0n) is 11.7. The number of rotatable bonds is 3. The first-order valence-electron chi connectivity index (χ1n) is 7.00. The molecule has 1 aliphatic rings. The number of benzene rings is 1. The lowest BCUT2D eigenvalue weighted by molar-refractivity contribution is 0.250. The molecule has 0 radical (unpaired) electrons. The highest BCUT2D eigenvalue weighted by Gasteiger charge is 2.38. The van der Waals surface area contributed by atoms with Crippen LogP contribution in [0.1, 0.15) is 37.6 Å². The van der Waals surface area contributed by atoms with Gasteiger partial charge in [0.2, 0.25) is 11.7 Å². The van der Waals surface area contributed by atoms with Gasteiger partial charge in [-0.05, 0) is 44.4 Å². The molecule has 3 rings (SSSR count). The van der Waals surface area contributed by atoms with Crippen LogP contribution in [0.4, 0.5) is 0 Å². The second-order valence-corrected chi connectivity index (χ2v) is 6.21. The first-order valence-corrected chi connectivity index (χ1v) is 7.80. The largest absolute Gasteiger partial charge is 0.337 e. The molecule has 1 unspecified atom stereocenters. The van der Waals surface area contributed by atoms with Crippen LogP contribution in [0.25, 0.3) is 11.4 Å². The number of aromatic nitrogens is 2. The van der Waals surface area contributed by atoms with E-state index in [9.17, 15) is 0 Å². The van der Waals surface area contributed by atoms with Crippen LogP contribution in [0.5, 0.6) is 0 Å². The highest BCUT2D eigenvalue weighted by molar-refractivity contribution is 9.10. The summed E-state index contributed by atoms with van der Waals surface area (Å²) >= 11 is 3.54. The second kappa shape index (κ2) is 5.30. The maximum Gasteiger partial charge on any atom is 0.247 e. The number of aryl methyl sites for hydroxylation is 1. The molecule has 1 atom stereocenters. The van der Waals surface area contributed by atoms with E-state index in [2.05, 4.69) is 51.3 Å². The molecule has 1 aliphatic heterocycles. The zero-order valence-corrected chi connectivity index (χ0v) is 13.3. The van der Waals surface area contributed by atoms with E-state index in [-0.39, 0.29) is 5.54 Å². The van der Waals surface area contributed by atoms with E-state index in [1.54, 1.807) is 0 Å². The predicted molar refractivity (Wildman–Crippen MR) is 81.4 cm³/mol. The molecule has 2 heterocycles. The first-order chi connectivity index (χ1) is 9.64. The van der Waals surface area contributed by atoms with Gasteiger partial charge >= 0.3 is 0 Å². The number of halogens is 1. The molecule has 0 spiro atoms. The van der Waals surface area contributed by atoms with Gasteiger partial charge in [-0.25, -0.2) is 0 Å². The van der Waals surface area contributed by atoms with Crippen LogP contribution in [-0.4, -0.2) is 16.7 Å². The van der Waals surface area contributed by atoms with E-state index in [4.69, 9.17) is 4.52 Å². The number of hydrogen-bond donors (Lipinski definition) is 1. The van der Waals surface area contributed by atoms with Crippen molar-refractivity contribution in [2.45, 2.75) is 38.6 Å². The Balaban J connectivity index is 1.95. The zero-order chi connectivity index (χ0) is 14.2. The first kappa shape index (κ1) is 13.8. The van der Waals surface area contributed by atoms with Crippen LogP contribution in [0, 0.1) is 6.92 Å². The molecular formula is C15H18BrN3O. The standard InChI is InChI=1S/C15H18BrN3O/c1-3-15(7-4-8-17-15)14-18-13(19-20-14)11-6-5-10(2)12(16)9-11/h5-6,9,17H,3-4,7-8H2,1-2H3. The maximum absolute atomic E-state index is 5.53. The molecule has 1 N–H and O–H groups in total. The second-order valence-electron chi connectivity index (χ2n) is 5.35. The molecule has 106 valence electrons. The molecule has 1 saturated heterocycles. The Morgan fingerprint density at radius 2 is 2.30 bits per heavy atom. The lowest BCUT2D eigenvalue weighted by Crippen LogP contribution is -2.36. The molecule has 2 aromatic rings. The van der Waals surface area contributed by atoms with Crippen LogP contribution in [0.3, 0.4) is 0 Å². The van der Waals surface area contributed by atoms with Crippen molar-refractivity contribution < 1.29 is 4.52 Å². The molecule has 0 aliphatic carbocycles. The topological polar surface area (TPSA) is 51.0 Å². The van der Waals surface area contributed by atoms with Crippen LogP contribution >= 0.6 is 15.9 Å². The van der Waals surface area contributed by atoms with Gasteiger partial charge < -0.3 is 9.84 Å². The average Bonchev–Trinajstić information content (AvgIpc) is 3.10. The molecule has 1 aromatic carbocycles. The van der Waals surface area contributed by atoms with Gasteiger partial charge in [0.05, 0.1) is 5.54 Å². The van der Waals surface area contributed by atoms with Gasteiger partial charge in [-0.2, -0.15) is 4.98 Å². The third kappa shape index (κ3) is 2.29. The smallest absolute Gasteiger partial charge is 0.247 e. The predicted octanol–water partition coefficient (Wildman–Crippen LogP) is 3.80. The SMILES string of the molecule is CCC1(c2nc(-c3ccc(C)c(Br)c3)no2)CCCN1. The van der Waals surface area contributed by atoms with Gasteiger partial charge in [-0.15, -0.1) is 0 Å². The van der Waals surface area contributed by atoms with E-state index < -0.39 is 0 Å². The van der Waals surface area contributed by atoms with Gasteiger partial charge in [0, 0.05) is 10.0 Å². The summed E-state index contributed by atoms with van der Waals surface area (Å²) in [5, 5.41) is 7.66. The van der Waals surface area contributed by atoms with Crippen molar-refractivity contribution in [3.05, 3.63) is 34.1 Å². The summed E-state index contributed by atoms with van der Waals surface area (Å²) in [5.41, 5.74) is 2.04. The Morgan fingerprint density at radius 1 is 1.45 bits per heavy atom. The van der Waals surface area contributed by atoms with Crippen molar-refractivity contribution in [1.82, 2.24) is 15.5 Å². The molecule has 0 amide bonds. The third-order valence-corrected chi connectivity index (χ3v) is 4.97. The molecular weight excluding hydrogens is 318 g/mol. The maximum atomic E-state index is 5.53. The Morgan fingerprint density at radius 3 is 2.95 bits per heavy atom. The highest BCUT2D eigenvalue weighted by Crippen LogP contribution is 2.34. The fourth-order valence-corrected chi connectivity index (χ4v) is 3.09. The van der Waals surface area contributed by atoms with Crippen molar-refractivity contribution in [1.29, 1.82) is 0 Å². The fraction of sp³-hybridized carbons (Fsp3) is 0.467. The number of nitrogens with zero attached hydrogens (tertiary/aromatic N) is 2. The lowest BCUT2D eigenvalue weighted by atomic mass is 9.94. The summed E-state index contributed by atoms with van der Waals surface area (Å²) in [4.78, 5) is 4.62. The van der Waals surface area contributed by atoms with Crippen molar-refractivity contribution in [3.8, 4) is 11.4 Å². The van der Waals surface area contributed by atoms with E-state index in [0.717, 1.165) is 35.8 Å². The summed E-state index contributed by atoms with van der Waals surface area (Å²) in [7, 11) is 0. The number of nitrogens with one attached hydrogen (secondary N) is 1. The van der Waals surface area contributed by atoms with E-state index in [0.29, 0.717) is 11.7 Å². The molecule has 0 bridgehead atoms. The summed E-state index contributed by atoms with van der Waals surface area (Å²) in [6, 6.07) is 6.11. The van der Waals surface area contributed by atoms with Gasteiger partial charge in [0.25, 0.3) is 0 Å². The molecule has 1 aromatic heterocycles. The Labute approximate surface area is 127 Å². The van der Waals surface area contributed by atoms with Gasteiger partial charge in [-0.1, -0.05) is 40.1 Å². The minimum absolute atomic E-state index is 0.132. The van der Waals surface area contributed by atoms with Crippen molar-refractivity contribution in [2.24, 2.45) is 0 Å². The molecule has 20 heavy (non-hydrogen) atoms. The Hall–Kier alpha value is -1.20. The normalized spacial score (nSPS) is 22.4. The van der Waals surface area contributed by atoms with Crippen LogP contribution in [-0.2, 0) is 5.54 Å². The molecule has 4 nitrogen and oxygen atoms in total. The fourth-order valence-electron chi connectivity index (χ4n) is 2.71. The average molecular weight is 336 g/mol. The molecule has 5 heteroatoms. The third-order valence-electron chi connectivity index (χ3n) is 4.11. The minimum Gasteiger partial charge on any atom is -0.337 e. The van der Waals surface area contributed by atoms with E-state index in [1.807, 2.05) is 12.1 Å². The van der Waals surface area contributed by atoms with Gasteiger partial charge in [0.15, 0.2) is 0 Å². The number of hydrogen-bond acceptors (Lipinski definition) is 4. The summed E-state index contributed by atoms with van der Waals surface area (Å²) in [6.45, 7) is 5.23. The minimum atomic E-state index is -0.132. The monoisotopic (exact) mass is 335 g/mol. The lowest BCUT2D eigenvalue weighted by Gasteiger charge is -2.22. The van der Waals surface area contributed by atoms with Gasteiger partial charge in [-0.3, -0.25) is 0 Å². The van der Waals surface area contributed by atoms with Crippen molar-refractivity contribution in [2.75, 3.05) is 6.54 Å². The Kier molecular flexibility index (Phi) is 3.65. The van der Waals surface area contributed by atoms with Crippen LogP contribution < -0.4 is 5.32 Å². The summed E-state index contributed by atoms with van der Waals surface area (Å²) in [6.07, 6.45) is 3.18. The van der Waals surface area contributed by atoms with Crippen molar-refractivity contribution >= 4 is 15.9 Å². The quantitative estimate of drug-likeness (QED) is 0.926. The van der Waals surface area contributed by atoms with E-state index in [1.165, 1.54) is 5.56 Å². The van der Waals surface area contributed by atoms with Crippen LogP contribution in [0.2, 0.25) is 0 Å². The summed E-state index contributed by atoms with van der Waals surface area (Å²) < 4.78 is 6.59. The van der Waals surface area contributed by atoms with Crippen LogP contribution in [0.15, 0.2) is 27.2 Å². The van der Waals surface area contributed by atoms with E-state index >= 15 is 0 Å². The van der Waals surface area contributed by atoms with Crippen molar-refractivity contribution in [3.63, 3.8) is 0 Å².